The lowest BCUT2D eigenvalue weighted by molar-refractivity contribution is -0.130. The van der Waals surface area contributed by atoms with Crippen molar-refractivity contribution < 1.29 is 14.4 Å². The fourth-order valence-corrected chi connectivity index (χ4v) is 4.24. The summed E-state index contributed by atoms with van der Waals surface area (Å²) >= 11 is 0. The molecule has 4 rings (SSSR count). The van der Waals surface area contributed by atoms with Crippen LogP contribution in [0, 0.1) is 0 Å². The second kappa shape index (κ2) is 8.74. The number of ketones is 1. The van der Waals surface area contributed by atoms with Gasteiger partial charge in [-0.2, -0.15) is 0 Å². The van der Waals surface area contributed by atoms with Crippen LogP contribution in [0.3, 0.4) is 0 Å². The zero-order valence-electron chi connectivity index (χ0n) is 18.2. The number of aromatic nitrogens is 1. The number of amides is 2. The van der Waals surface area contributed by atoms with Gasteiger partial charge < -0.3 is 21.0 Å². The van der Waals surface area contributed by atoms with E-state index in [1.165, 1.54) is 0 Å². The lowest BCUT2D eigenvalue weighted by Gasteiger charge is -2.39. The van der Waals surface area contributed by atoms with Crippen molar-refractivity contribution in [2.24, 2.45) is 0 Å². The van der Waals surface area contributed by atoms with Crippen molar-refractivity contribution in [3.05, 3.63) is 65.9 Å². The van der Waals surface area contributed by atoms with Crippen LogP contribution in [0.2, 0.25) is 0 Å². The molecule has 2 heterocycles. The van der Waals surface area contributed by atoms with Gasteiger partial charge in [0.25, 0.3) is 17.6 Å². The quantitative estimate of drug-likeness (QED) is 0.365. The van der Waals surface area contributed by atoms with Gasteiger partial charge in [0.05, 0.1) is 16.8 Å². The Morgan fingerprint density at radius 3 is 2.50 bits per heavy atom. The number of hydrogen-bond acceptors (Lipinski definition) is 5. The SMILES string of the molecule is CCNn1cc(C(=O)C(=O)N2CCN(C(=O)c3ccccc3)C[C@H]2C)c2cccc(N)c21. The number of nitrogens with one attached hydrogen (secondary N) is 1. The predicted octanol–water partition coefficient (Wildman–Crippen LogP) is 2.34. The minimum Gasteiger partial charge on any atom is -0.397 e. The van der Waals surface area contributed by atoms with Crippen molar-refractivity contribution in [2.75, 3.05) is 37.3 Å². The number of rotatable bonds is 5. The third-order valence-corrected chi connectivity index (χ3v) is 5.82. The molecule has 3 N–H and O–H groups in total. The van der Waals surface area contributed by atoms with E-state index in [0.717, 1.165) is 0 Å². The van der Waals surface area contributed by atoms with Gasteiger partial charge in [0, 0.05) is 49.4 Å². The first-order valence-corrected chi connectivity index (χ1v) is 10.8. The van der Waals surface area contributed by atoms with Crippen molar-refractivity contribution in [1.29, 1.82) is 0 Å². The Morgan fingerprint density at radius 1 is 1.06 bits per heavy atom. The maximum absolute atomic E-state index is 13.2. The molecule has 3 aromatic rings. The van der Waals surface area contributed by atoms with Crippen molar-refractivity contribution in [1.82, 2.24) is 14.5 Å². The summed E-state index contributed by atoms with van der Waals surface area (Å²) in [5.74, 6) is -1.21. The fraction of sp³-hybridized carbons (Fsp3) is 0.292. The van der Waals surface area contributed by atoms with Gasteiger partial charge in [0.15, 0.2) is 0 Å². The van der Waals surface area contributed by atoms with Crippen molar-refractivity contribution >= 4 is 34.2 Å². The molecule has 0 bridgehead atoms. The number of carbonyl (C=O) groups is 3. The Kier molecular flexibility index (Phi) is 5.85. The first-order valence-electron chi connectivity index (χ1n) is 10.8. The number of nitrogens with two attached hydrogens (primary N) is 1. The Labute approximate surface area is 186 Å². The lowest BCUT2D eigenvalue weighted by Crippen LogP contribution is -2.56. The van der Waals surface area contributed by atoms with E-state index in [1.54, 1.807) is 51.0 Å². The Balaban J connectivity index is 1.54. The molecule has 1 aliphatic heterocycles. The monoisotopic (exact) mass is 433 g/mol. The summed E-state index contributed by atoms with van der Waals surface area (Å²) in [6.45, 7) is 5.49. The van der Waals surface area contributed by atoms with E-state index in [2.05, 4.69) is 5.43 Å². The molecule has 1 aliphatic rings. The van der Waals surface area contributed by atoms with Crippen LogP contribution in [-0.4, -0.2) is 64.3 Å². The van der Waals surface area contributed by atoms with Gasteiger partial charge in [-0.25, -0.2) is 0 Å². The van der Waals surface area contributed by atoms with Crippen LogP contribution in [0.4, 0.5) is 5.69 Å². The number of piperazine rings is 1. The summed E-state index contributed by atoms with van der Waals surface area (Å²) in [4.78, 5) is 42.4. The van der Waals surface area contributed by atoms with Gasteiger partial charge >= 0.3 is 0 Å². The number of hydrogen-bond donors (Lipinski definition) is 2. The maximum atomic E-state index is 13.2. The Hall–Kier alpha value is -3.81. The normalized spacial score (nSPS) is 16.2. The highest BCUT2D eigenvalue weighted by molar-refractivity contribution is 6.45. The molecule has 0 unspecified atom stereocenters. The third-order valence-electron chi connectivity index (χ3n) is 5.82. The first-order chi connectivity index (χ1) is 15.4. The molecule has 166 valence electrons. The van der Waals surface area contributed by atoms with Crippen LogP contribution in [0.5, 0.6) is 0 Å². The van der Waals surface area contributed by atoms with Crippen LogP contribution in [0.25, 0.3) is 10.9 Å². The summed E-state index contributed by atoms with van der Waals surface area (Å²) < 4.78 is 1.70. The second-order valence-electron chi connectivity index (χ2n) is 7.96. The highest BCUT2D eigenvalue weighted by Crippen LogP contribution is 2.27. The third kappa shape index (κ3) is 3.79. The summed E-state index contributed by atoms with van der Waals surface area (Å²) in [5, 5.41) is 0.634. The molecule has 0 aliphatic carbocycles. The molecule has 1 fully saturated rings. The molecule has 1 aromatic heterocycles. The molecule has 32 heavy (non-hydrogen) atoms. The van der Waals surface area contributed by atoms with E-state index in [0.29, 0.717) is 53.9 Å². The fourth-order valence-electron chi connectivity index (χ4n) is 4.24. The van der Waals surface area contributed by atoms with Crippen molar-refractivity contribution in [3.8, 4) is 0 Å². The van der Waals surface area contributed by atoms with Crippen LogP contribution >= 0.6 is 0 Å². The minimum absolute atomic E-state index is 0.0694. The average molecular weight is 434 g/mol. The zero-order valence-corrected chi connectivity index (χ0v) is 18.2. The van der Waals surface area contributed by atoms with Crippen LogP contribution in [0.1, 0.15) is 34.6 Å². The van der Waals surface area contributed by atoms with Gasteiger partial charge in [-0.15, -0.1) is 0 Å². The molecular weight excluding hydrogens is 406 g/mol. The number of para-hydroxylation sites is 1. The number of carbonyl (C=O) groups excluding carboxylic acids is 3. The Bertz CT molecular complexity index is 1170. The van der Waals surface area contributed by atoms with E-state index in [1.807, 2.05) is 32.0 Å². The van der Waals surface area contributed by atoms with Gasteiger partial charge in [0.2, 0.25) is 0 Å². The molecule has 0 spiro atoms. The maximum Gasteiger partial charge on any atom is 0.295 e. The number of nitrogens with zero attached hydrogens (tertiary/aromatic N) is 3. The summed E-state index contributed by atoms with van der Waals surface area (Å²) in [6, 6.07) is 14.1. The molecule has 0 saturated carbocycles. The molecular formula is C24H27N5O3. The highest BCUT2D eigenvalue weighted by atomic mass is 16.2. The standard InChI is InChI=1S/C24H27N5O3/c1-3-26-29-15-19(18-10-7-11-20(25)21(18)29)22(30)24(32)28-13-12-27(14-16(28)2)23(31)17-8-5-4-6-9-17/h4-11,15-16,26H,3,12-14,25H2,1-2H3/t16-/m1/s1. The molecule has 8 heteroatoms. The minimum atomic E-state index is -0.577. The molecule has 1 atom stereocenters. The van der Waals surface area contributed by atoms with E-state index in [-0.39, 0.29) is 11.9 Å². The molecule has 2 amide bonds. The van der Waals surface area contributed by atoms with E-state index in [4.69, 9.17) is 5.73 Å². The van der Waals surface area contributed by atoms with Crippen LogP contribution in [-0.2, 0) is 4.79 Å². The smallest absolute Gasteiger partial charge is 0.295 e. The highest BCUT2D eigenvalue weighted by Gasteiger charge is 2.34. The second-order valence-corrected chi connectivity index (χ2v) is 7.96. The largest absolute Gasteiger partial charge is 0.397 e. The number of anilines is 1. The van der Waals surface area contributed by atoms with Gasteiger partial charge in [-0.1, -0.05) is 30.3 Å². The van der Waals surface area contributed by atoms with Gasteiger partial charge in [-0.3, -0.25) is 19.1 Å². The van der Waals surface area contributed by atoms with E-state index < -0.39 is 11.7 Å². The lowest BCUT2D eigenvalue weighted by atomic mass is 10.1. The number of Topliss-reactive ketones (excluding diaryl/α,β-unsaturated/α-hetero) is 1. The predicted molar refractivity (Wildman–Crippen MR) is 124 cm³/mol. The average Bonchev–Trinajstić information content (AvgIpc) is 3.18. The molecule has 8 nitrogen and oxygen atoms in total. The molecule has 2 aromatic carbocycles. The van der Waals surface area contributed by atoms with Gasteiger partial charge in [0.1, 0.15) is 0 Å². The van der Waals surface area contributed by atoms with Crippen molar-refractivity contribution in [2.45, 2.75) is 19.9 Å². The topological polar surface area (TPSA) is 101 Å². The summed E-state index contributed by atoms with van der Waals surface area (Å²) in [6.07, 6.45) is 1.63. The van der Waals surface area contributed by atoms with Crippen LogP contribution < -0.4 is 11.2 Å². The summed E-state index contributed by atoms with van der Waals surface area (Å²) in [7, 11) is 0. The van der Waals surface area contributed by atoms with Gasteiger partial charge in [-0.05, 0) is 32.0 Å². The number of fused-ring (bicyclic) bond motifs is 1. The molecule has 1 saturated heterocycles. The van der Waals surface area contributed by atoms with E-state index in [9.17, 15) is 14.4 Å². The number of nitrogen functional groups attached to an aromatic ring is 1. The first kappa shape index (κ1) is 21.4. The zero-order chi connectivity index (χ0) is 22.8. The van der Waals surface area contributed by atoms with E-state index >= 15 is 0 Å². The Morgan fingerprint density at radius 2 is 1.81 bits per heavy atom. The summed E-state index contributed by atoms with van der Waals surface area (Å²) in [5.41, 5.74) is 11.4. The van der Waals surface area contributed by atoms with Crippen LogP contribution in [0.15, 0.2) is 54.7 Å². The van der Waals surface area contributed by atoms with Crippen molar-refractivity contribution in [3.63, 3.8) is 0 Å². The number of benzene rings is 2. The molecule has 0 radical (unpaired) electrons.